The molecular weight excluding hydrogens is 384 g/mol. The van der Waals surface area contributed by atoms with Crippen LogP contribution in [0.15, 0.2) is 77.7 Å². The van der Waals surface area contributed by atoms with Gasteiger partial charge in [-0.05, 0) is 47.7 Å². The molecule has 0 atom stereocenters. The van der Waals surface area contributed by atoms with E-state index in [1.54, 1.807) is 23.1 Å². The molecule has 4 rings (SSSR count). The molecule has 28 heavy (non-hydrogen) atoms. The Kier molecular flexibility index (Phi) is 5.74. The van der Waals surface area contributed by atoms with E-state index in [1.807, 2.05) is 54.6 Å². The third kappa shape index (κ3) is 4.26. The molecule has 0 fully saturated rings. The number of hydrogen-bond donors (Lipinski definition) is 1. The summed E-state index contributed by atoms with van der Waals surface area (Å²) in [7, 11) is 0. The van der Waals surface area contributed by atoms with Crippen LogP contribution < -0.4 is 5.32 Å². The molecule has 3 aromatic carbocycles. The molecule has 0 spiro atoms. The number of rotatable bonds is 6. The molecule has 0 radical (unpaired) electrons. The van der Waals surface area contributed by atoms with Gasteiger partial charge in [-0.3, -0.25) is 4.79 Å². The maximum absolute atomic E-state index is 12.6. The molecule has 3 nitrogen and oxygen atoms in total. The van der Waals surface area contributed by atoms with Crippen LogP contribution in [0.25, 0.3) is 20.8 Å². The van der Waals surface area contributed by atoms with Crippen LogP contribution in [0.5, 0.6) is 0 Å². The third-order valence-electron chi connectivity index (χ3n) is 4.32. The first kappa shape index (κ1) is 18.7. The number of thioether (sulfide) groups is 1. The van der Waals surface area contributed by atoms with Crippen molar-refractivity contribution in [3.8, 4) is 10.6 Å². The van der Waals surface area contributed by atoms with Crippen molar-refractivity contribution < 1.29 is 4.79 Å². The predicted octanol–water partition coefficient (Wildman–Crippen LogP) is 6.26. The third-order valence-corrected chi connectivity index (χ3v) is 6.29. The standard InChI is InChI=1S/C23H20N2OS2/c1-2-27-17-13-11-16(12-14-17)15-22(26)24-19-8-4-3-7-18(19)23-25-20-9-5-6-10-21(20)28-23/h3-14H,2,15H2,1H3,(H,24,26). The number of hydrogen-bond acceptors (Lipinski definition) is 4. The van der Waals surface area contributed by atoms with Gasteiger partial charge in [0.15, 0.2) is 0 Å². The second kappa shape index (κ2) is 8.59. The lowest BCUT2D eigenvalue weighted by Gasteiger charge is -2.10. The number of anilines is 1. The van der Waals surface area contributed by atoms with E-state index in [0.717, 1.165) is 37.8 Å². The molecule has 1 aromatic heterocycles. The minimum atomic E-state index is -0.0237. The van der Waals surface area contributed by atoms with E-state index in [9.17, 15) is 4.79 Å². The Morgan fingerprint density at radius 3 is 2.54 bits per heavy atom. The number of benzene rings is 3. The molecule has 0 aliphatic heterocycles. The van der Waals surface area contributed by atoms with Gasteiger partial charge in [0.25, 0.3) is 0 Å². The van der Waals surface area contributed by atoms with Crippen LogP contribution in [0.1, 0.15) is 12.5 Å². The van der Waals surface area contributed by atoms with Gasteiger partial charge in [-0.25, -0.2) is 4.98 Å². The number of amides is 1. The Morgan fingerprint density at radius 1 is 1.00 bits per heavy atom. The van der Waals surface area contributed by atoms with Gasteiger partial charge in [0, 0.05) is 10.5 Å². The Bertz CT molecular complexity index is 1070. The van der Waals surface area contributed by atoms with Crippen LogP contribution in [0.4, 0.5) is 5.69 Å². The highest BCUT2D eigenvalue weighted by Gasteiger charge is 2.12. The minimum absolute atomic E-state index is 0.0237. The smallest absolute Gasteiger partial charge is 0.228 e. The number of carbonyl (C=O) groups excluding carboxylic acids is 1. The average Bonchev–Trinajstić information content (AvgIpc) is 3.14. The van der Waals surface area contributed by atoms with Gasteiger partial charge in [-0.15, -0.1) is 23.1 Å². The molecule has 5 heteroatoms. The Balaban J connectivity index is 1.52. The summed E-state index contributed by atoms with van der Waals surface area (Å²) in [6.45, 7) is 2.13. The Hall–Kier alpha value is -2.63. The van der Waals surface area contributed by atoms with Gasteiger partial charge in [-0.1, -0.05) is 43.3 Å². The van der Waals surface area contributed by atoms with Crippen molar-refractivity contribution in [2.75, 3.05) is 11.1 Å². The highest BCUT2D eigenvalue weighted by molar-refractivity contribution is 7.99. The number of aromatic nitrogens is 1. The molecule has 140 valence electrons. The fraction of sp³-hybridized carbons (Fsp3) is 0.130. The quantitative estimate of drug-likeness (QED) is 0.386. The van der Waals surface area contributed by atoms with Gasteiger partial charge >= 0.3 is 0 Å². The van der Waals surface area contributed by atoms with Crippen molar-refractivity contribution in [1.82, 2.24) is 4.98 Å². The zero-order chi connectivity index (χ0) is 19.3. The van der Waals surface area contributed by atoms with Crippen LogP contribution in [-0.4, -0.2) is 16.6 Å². The number of nitrogens with zero attached hydrogens (tertiary/aromatic N) is 1. The van der Waals surface area contributed by atoms with Gasteiger partial charge in [-0.2, -0.15) is 0 Å². The summed E-state index contributed by atoms with van der Waals surface area (Å²) in [5, 5.41) is 3.98. The number of fused-ring (bicyclic) bond motifs is 1. The zero-order valence-corrected chi connectivity index (χ0v) is 17.1. The second-order valence-corrected chi connectivity index (χ2v) is 8.70. The normalized spacial score (nSPS) is 10.9. The van der Waals surface area contributed by atoms with E-state index < -0.39 is 0 Å². The van der Waals surface area contributed by atoms with Crippen molar-refractivity contribution in [2.24, 2.45) is 0 Å². The second-order valence-electron chi connectivity index (χ2n) is 6.33. The molecule has 4 aromatic rings. The molecule has 1 heterocycles. The zero-order valence-electron chi connectivity index (χ0n) is 15.5. The van der Waals surface area contributed by atoms with E-state index in [1.165, 1.54) is 4.90 Å². The topological polar surface area (TPSA) is 42.0 Å². The SMILES string of the molecule is CCSc1ccc(CC(=O)Nc2ccccc2-c2nc3ccccc3s2)cc1. The summed E-state index contributed by atoms with van der Waals surface area (Å²) < 4.78 is 1.14. The summed E-state index contributed by atoms with van der Waals surface area (Å²) in [6, 6.07) is 24.1. The summed E-state index contributed by atoms with van der Waals surface area (Å²) in [5.74, 6) is 1.02. The molecule has 0 aliphatic carbocycles. The lowest BCUT2D eigenvalue weighted by atomic mass is 10.1. The fourth-order valence-electron chi connectivity index (χ4n) is 3.02. The van der Waals surface area contributed by atoms with Crippen LogP contribution in [-0.2, 0) is 11.2 Å². The lowest BCUT2D eigenvalue weighted by molar-refractivity contribution is -0.115. The van der Waals surface area contributed by atoms with Gasteiger partial charge < -0.3 is 5.32 Å². The van der Waals surface area contributed by atoms with Crippen molar-refractivity contribution in [3.05, 3.63) is 78.4 Å². The Labute approximate surface area is 172 Å². The first-order valence-corrected chi connectivity index (χ1v) is 11.0. The maximum atomic E-state index is 12.6. The highest BCUT2D eigenvalue weighted by Crippen LogP contribution is 2.34. The van der Waals surface area contributed by atoms with Crippen LogP contribution in [0.2, 0.25) is 0 Å². The van der Waals surface area contributed by atoms with Crippen LogP contribution in [0, 0.1) is 0 Å². The minimum Gasteiger partial charge on any atom is -0.325 e. The number of thiazole rings is 1. The van der Waals surface area contributed by atoms with E-state index in [-0.39, 0.29) is 5.91 Å². The summed E-state index contributed by atoms with van der Waals surface area (Å²) >= 11 is 3.44. The molecule has 0 unspecified atom stereocenters. The van der Waals surface area contributed by atoms with Crippen molar-refractivity contribution in [1.29, 1.82) is 0 Å². The van der Waals surface area contributed by atoms with E-state index in [0.29, 0.717) is 6.42 Å². The maximum Gasteiger partial charge on any atom is 0.228 e. The number of para-hydroxylation sites is 2. The summed E-state index contributed by atoms with van der Waals surface area (Å²) in [4.78, 5) is 18.6. The predicted molar refractivity (Wildman–Crippen MR) is 120 cm³/mol. The van der Waals surface area contributed by atoms with Crippen LogP contribution in [0.3, 0.4) is 0 Å². The van der Waals surface area contributed by atoms with Gasteiger partial charge in [0.05, 0.1) is 22.3 Å². The monoisotopic (exact) mass is 404 g/mol. The molecule has 0 saturated carbocycles. The average molecular weight is 405 g/mol. The fourth-order valence-corrected chi connectivity index (χ4v) is 4.68. The van der Waals surface area contributed by atoms with Crippen molar-refractivity contribution in [3.63, 3.8) is 0 Å². The number of nitrogens with one attached hydrogen (secondary N) is 1. The molecule has 0 saturated heterocycles. The number of carbonyl (C=O) groups is 1. The molecular formula is C23H20N2OS2. The highest BCUT2D eigenvalue weighted by atomic mass is 32.2. The lowest BCUT2D eigenvalue weighted by Crippen LogP contribution is -2.15. The first-order valence-electron chi connectivity index (χ1n) is 9.19. The Morgan fingerprint density at radius 2 is 1.75 bits per heavy atom. The molecule has 0 bridgehead atoms. The van der Waals surface area contributed by atoms with Gasteiger partial charge in [0.2, 0.25) is 5.91 Å². The van der Waals surface area contributed by atoms with E-state index >= 15 is 0 Å². The summed E-state index contributed by atoms with van der Waals surface area (Å²) in [6.07, 6.45) is 0.352. The summed E-state index contributed by atoms with van der Waals surface area (Å²) in [5.41, 5.74) is 3.74. The molecule has 1 N–H and O–H groups in total. The molecule has 0 aliphatic rings. The molecule has 1 amide bonds. The van der Waals surface area contributed by atoms with E-state index in [2.05, 4.69) is 30.4 Å². The van der Waals surface area contributed by atoms with E-state index in [4.69, 9.17) is 4.98 Å². The van der Waals surface area contributed by atoms with Crippen molar-refractivity contribution >= 4 is 44.9 Å². The first-order chi connectivity index (χ1) is 13.7. The van der Waals surface area contributed by atoms with Crippen molar-refractivity contribution in [2.45, 2.75) is 18.2 Å². The largest absolute Gasteiger partial charge is 0.325 e. The van der Waals surface area contributed by atoms with Gasteiger partial charge in [0.1, 0.15) is 5.01 Å². The van der Waals surface area contributed by atoms with Crippen LogP contribution >= 0.6 is 23.1 Å².